The molecule has 3 N–H and O–H groups in total. The molecule has 2 rings (SSSR count). The van der Waals surface area contributed by atoms with E-state index in [1.165, 1.54) is 0 Å². The molecule has 1 aromatic rings. The number of rotatable bonds is 3. The van der Waals surface area contributed by atoms with Gasteiger partial charge in [-0.2, -0.15) is 0 Å². The van der Waals surface area contributed by atoms with Crippen LogP contribution in [0, 0.1) is 0 Å². The second-order valence-corrected chi connectivity index (χ2v) is 4.97. The number of nitrogens with one attached hydrogen (secondary N) is 1. The van der Waals surface area contributed by atoms with Crippen LogP contribution >= 0.6 is 15.9 Å². The summed E-state index contributed by atoms with van der Waals surface area (Å²) < 4.78 is 0.933. The molecule has 5 heteroatoms. The van der Waals surface area contributed by atoms with Gasteiger partial charge >= 0.3 is 0 Å². The molecule has 0 aromatic heterocycles. The van der Waals surface area contributed by atoms with Gasteiger partial charge in [-0.25, -0.2) is 0 Å². The molecule has 1 saturated heterocycles. The molecule has 0 radical (unpaired) electrons. The molecule has 0 aliphatic carbocycles. The Balaban J connectivity index is 2.28. The number of primary amides is 1. The average molecular weight is 298 g/mol. The zero-order chi connectivity index (χ0) is 12.3. The predicted octanol–water partition coefficient (Wildman–Crippen LogP) is 0.881. The zero-order valence-electron chi connectivity index (χ0n) is 9.53. The van der Waals surface area contributed by atoms with Crippen LogP contribution in [0.15, 0.2) is 28.7 Å². The number of halogens is 1. The third kappa shape index (κ3) is 2.86. The molecule has 0 bridgehead atoms. The number of nitrogens with two attached hydrogens (primary N) is 1. The molecule has 4 nitrogen and oxygen atoms in total. The molecule has 92 valence electrons. The second kappa shape index (κ2) is 5.62. The summed E-state index contributed by atoms with van der Waals surface area (Å²) in [5.41, 5.74) is 6.49. The highest BCUT2D eigenvalue weighted by atomic mass is 79.9. The van der Waals surface area contributed by atoms with Gasteiger partial charge in [0.1, 0.15) is 6.04 Å². The van der Waals surface area contributed by atoms with Gasteiger partial charge in [-0.05, 0) is 11.6 Å². The van der Waals surface area contributed by atoms with E-state index in [0.29, 0.717) is 0 Å². The van der Waals surface area contributed by atoms with Gasteiger partial charge in [-0.3, -0.25) is 9.69 Å². The van der Waals surface area contributed by atoms with Crippen molar-refractivity contribution in [3.63, 3.8) is 0 Å². The van der Waals surface area contributed by atoms with Crippen molar-refractivity contribution in [1.82, 2.24) is 10.2 Å². The lowest BCUT2D eigenvalue weighted by atomic mass is 10.0. The Morgan fingerprint density at radius 3 is 2.59 bits per heavy atom. The highest BCUT2D eigenvalue weighted by Crippen LogP contribution is 2.27. The van der Waals surface area contributed by atoms with Crippen molar-refractivity contribution in [2.45, 2.75) is 6.04 Å². The molecule has 1 aliphatic heterocycles. The van der Waals surface area contributed by atoms with E-state index >= 15 is 0 Å². The second-order valence-electron chi connectivity index (χ2n) is 4.11. The molecule has 1 aliphatic rings. The molecule has 0 spiro atoms. The minimum atomic E-state index is -0.340. The van der Waals surface area contributed by atoms with Crippen LogP contribution in [-0.4, -0.2) is 37.0 Å². The van der Waals surface area contributed by atoms with Crippen LogP contribution < -0.4 is 11.1 Å². The van der Waals surface area contributed by atoms with E-state index in [-0.39, 0.29) is 11.9 Å². The third-order valence-electron chi connectivity index (χ3n) is 2.99. The predicted molar refractivity (Wildman–Crippen MR) is 70.5 cm³/mol. The van der Waals surface area contributed by atoms with Crippen molar-refractivity contribution >= 4 is 21.8 Å². The van der Waals surface area contributed by atoms with Crippen molar-refractivity contribution in [1.29, 1.82) is 0 Å². The van der Waals surface area contributed by atoms with Crippen LogP contribution in [0.2, 0.25) is 0 Å². The first-order valence-electron chi connectivity index (χ1n) is 5.68. The van der Waals surface area contributed by atoms with Crippen LogP contribution in [0.25, 0.3) is 0 Å². The Hall–Kier alpha value is -0.910. The first kappa shape index (κ1) is 12.5. The Labute approximate surface area is 109 Å². The molecule has 1 amide bonds. The van der Waals surface area contributed by atoms with Crippen molar-refractivity contribution in [3.05, 3.63) is 34.3 Å². The number of carbonyl (C=O) groups is 1. The molecule has 1 atom stereocenters. The summed E-state index contributed by atoms with van der Waals surface area (Å²) in [4.78, 5) is 13.8. The third-order valence-corrected chi connectivity index (χ3v) is 3.71. The lowest BCUT2D eigenvalue weighted by Gasteiger charge is -2.33. The summed E-state index contributed by atoms with van der Waals surface area (Å²) in [7, 11) is 0. The number of nitrogens with zero attached hydrogens (tertiary/aromatic N) is 1. The normalized spacial score (nSPS) is 18.9. The fourth-order valence-electron chi connectivity index (χ4n) is 2.17. The number of hydrogen-bond acceptors (Lipinski definition) is 3. The van der Waals surface area contributed by atoms with E-state index in [9.17, 15) is 4.79 Å². The van der Waals surface area contributed by atoms with Crippen LogP contribution in [0.5, 0.6) is 0 Å². The van der Waals surface area contributed by atoms with E-state index < -0.39 is 0 Å². The van der Waals surface area contributed by atoms with Crippen molar-refractivity contribution < 1.29 is 4.79 Å². The SMILES string of the molecule is NC(=O)C(c1ccccc1Br)N1CCNCC1. The van der Waals surface area contributed by atoms with Crippen LogP contribution in [-0.2, 0) is 4.79 Å². The molecular formula is C12H16BrN3O. The van der Waals surface area contributed by atoms with Crippen LogP contribution in [0.3, 0.4) is 0 Å². The smallest absolute Gasteiger partial charge is 0.239 e. The van der Waals surface area contributed by atoms with Gasteiger partial charge in [0.15, 0.2) is 0 Å². The Morgan fingerprint density at radius 2 is 2.00 bits per heavy atom. The highest BCUT2D eigenvalue weighted by molar-refractivity contribution is 9.10. The van der Waals surface area contributed by atoms with E-state index in [1.807, 2.05) is 24.3 Å². The number of piperazine rings is 1. The average Bonchev–Trinajstić information content (AvgIpc) is 2.33. The molecule has 17 heavy (non-hydrogen) atoms. The van der Waals surface area contributed by atoms with Gasteiger partial charge in [0.05, 0.1) is 0 Å². The maximum atomic E-state index is 11.7. The number of benzene rings is 1. The molecular weight excluding hydrogens is 282 g/mol. The Kier molecular flexibility index (Phi) is 4.15. The van der Waals surface area contributed by atoms with Gasteiger partial charge in [-0.15, -0.1) is 0 Å². The number of carbonyl (C=O) groups excluding carboxylic acids is 1. The summed E-state index contributed by atoms with van der Waals surface area (Å²) >= 11 is 3.48. The van der Waals surface area contributed by atoms with E-state index in [4.69, 9.17) is 5.73 Å². The minimum Gasteiger partial charge on any atom is -0.368 e. The summed E-state index contributed by atoms with van der Waals surface area (Å²) in [5.74, 6) is -0.293. The maximum absolute atomic E-state index is 11.7. The largest absolute Gasteiger partial charge is 0.368 e. The van der Waals surface area contributed by atoms with Gasteiger partial charge < -0.3 is 11.1 Å². The summed E-state index contributed by atoms with van der Waals surface area (Å²) in [6.07, 6.45) is 0. The van der Waals surface area contributed by atoms with Gasteiger partial charge in [0.2, 0.25) is 5.91 Å². The van der Waals surface area contributed by atoms with Crippen molar-refractivity contribution in [2.75, 3.05) is 26.2 Å². The summed E-state index contributed by atoms with van der Waals surface area (Å²) in [5, 5.41) is 3.27. The van der Waals surface area contributed by atoms with E-state index in [1.54, 1.807) is 0 Å². The number of amides is 1. The summed E-state index contributed by atoms with van der Waals surface area (Å²) in [6, 6.07) is 7.41. The maximum Gasteiger partial charge on any atom is 0.239 e. The van der Waals surface area contributed by atoms with Crippen LogP contribution in [0.4, 0.5) is 0 Å². The standard InChI is InChI=1S/C12H16BrN3O/c13-10-4-2-1-3-9(10)11(12(14)17)16-7-5-15-6-8-16/h1-4,11,15H,5-8H2,(H2,14,17). The topological polar surface area (TPSA) is 58.4 Å². The fraction of sp³-hybridized carbons (Fsp3) is 0.417. The van der Waals surface area contributed by atoms with Gasteiger partial charge in [0, 0.05) is 30.7 Å². The Morgan fingerprint density at radius 1 is 1.35 bits per heavy atom. The molecule has 1 aromatic carbocycles. The van der Waals surface area contributed by atoms with E-state index in [2.05, 4.69) is 26.1 Å². The lowest BCUT2D eigenvalue weighted by molar-refractivity contribution is -0.123. The molecule has 1 unspecified atom stereocenters. The van der Waals surface area contributed by atoms with Crippen molar-refractivity contribution in [2.24, 2.45) is 5.73 Å². The lowest BCUT2D eigenvalue weighted by Crippen LogP contribution is -2.48. The quantitative estimate of drug-likeness (QED) is 0.871. The summed E-state index contributed by atoms with van der Waals surface area (Å²) in [6.45, 7) is 3.48. The first-order chi connectivity index (χ1) is 8.20. The highest BCUT2D eigenvalue weighted by Gasteiger charge is 2.27. The molecule has 1 heterocycles. The van der Waals surface area contributed by atoms with Gasteiger partial charge in [-0.1, -0.05) is 34.1 Å². The van der Waals surface area contributed by atoms with Gasteiger partial charge in [0.25, 0.3) is 0 Å². The van der Waals surface area contributed by atoms with Crippen molar-refractivity contribution in [3.8, 4) is 0 Å². The van der Waals surface area contributed by atoms with Crippen LogP contribution in [0.1, 0.15) is 11.6 Å². The first-order valence-corrected chi connectivity index (χ1v) is 6.48. The molecule has 1 fully saturated rings. The molecule has 0 saturated carbocycles. The van der Waals surface area contributed by atoms with E-state index in [0.717, 1.165) is 36.2 Å². The fourth-order valence-corrected chi connectivity index (χ4v) is 2.67. The monoisotopic (exact) mass is 297 g/mol. The zero-order valence-corrected chi connectivity index (χ0v) is 11.1. The number of hydrogen-bond donors (Lipinski definition) is 2. The Bertz CT molecular complexity index is 404. The minimum absolute atomic E-state index is 0.293.